The fourth-order valence-corrected chi connectivity index (χ4v) is 5.59. The number of hydrogen-bond acceptors (Lipinski definition) is 7. The first-order valence-corrected chi connectivity index (χ1v) is 12.4. The standard InChI is InChI=1S/C22H22N6O2S2/c1-3-4-7-10-26-19(30)16-8-5-6-9-17(16)28-20(26)24-25-22(28)32-13-15-11-18(29)27-14(2)12-31-21(27)23-15/h5-6,8-9,11-12H,3-4,7,10,13H2,1-2H3. The SMILES string of the molecule is CCCCCn1c(=O)c2ccccc2n2c(SCc3cc(=O)n4c(C)csc4n3)nnc12. The highest BCUT2D eigenvalue weighted by Crippen LogP contribution is 2.24. The number of para-hydroxylation sites is 1. The lowest BCUT2D eigenvalue weighted by molar-refractivity contribution is 0.594. The Morgan fingerprint density at radius 3 is 2.78 bits per heavy atom. The molecule has 0 fully saturated rings. The van der Waals surface area contributed by atoms with E-state index in [4.69, 9.17) is 0 Å². The van der Waals surface area contributed by atoms with Crippen LogP contribution in [0.15, 0.2) is 50.5 Å². The predicted molar refractivity (Wildman–Crippen MR) is 128 cm³/mol. The van der Waals surface area contributed by atoms with Gasteiger partial charge in [-0.3, -0.25) is 23.0 Å². The number of rotatable bonds is 7. The molecule has 4 aromatic heterocycles. The number of thioether (sulfide) groups is 1. The molecule has 164 valence electrons. The van der Waals surface area contributed by atoms with E-state index in [9.17, 15) is 9.59 Å². The Bertz CT molecular complexity index is 1560. The van der Waals surface area contributed by atoms with Gasteiger partial charge in [0.25, 0.3) is 11.1 Å². The first-order valence-electron chi connectivity index (χ1n) is 10.5. The van der Waals surface area contributed by atoms with E-state index in [1.54, 1.807) is 15.0 Å². The van der Waals surface area contributed by atoms with Gasteiger partial charge in [-0.25, -0.2) is 4.98 Å². The number of thiazole rings is 1. The van der Waals surface area contributed by atoms with Crippen molar-refractivity contribution in [2.75, 3.05) is 0 Å². The Morgan fingerprint density at radius 2 is 1.94 bits per heavy atom. The summed E-state index contributed by atoms with van der Waals surface area (Å²) in [4.78, 5) is 30.9. The van der Waals surface area contributed by atoms with Gasteiger partial charge in [-0.1, -0.05) is 43.7 Å². The minimum atomic E-state index is -0.0781. The van der Waals surface area contributed by atoms with Gasteiger partial charge in [0.05, 0.1) is 16.6 Å². The summed E-state index contributed by atoms with van der Waals surface area (Å²) in [5.41, 5.74) is 2.24. The van der Waals surface area contributed by atoms with E-state index in [2.05, 4.69) is 22.1 Å². The molecule has 0 N–H and O–H groups in total. The van der Waals surface area contributed by atoms with Crippen LogP contribution in [0.1, 0.15) is 37.6 Å². The van der Waals surface area contributed by atoms with Gasteiger partial charge in [0.2, 0.25) is 5.78 Å². The molecule has 10 heteroatoms. The monoisotopic (exact) mass is 466 g/mol. The first-order chi connectivity index (χ1) is 15.6. The molecule has 0 unspecified atom stereocenters. The summed E-state index contributed by atoms with van der Waals surface area (Å²) in [6.07, 6.45) is 3.04. The zero-order valence-electron chi connectivity index (χ0n) is 17.8. The Balaban J connectivity index is 1.56. The van der Waals surface area contributed by atoms with E-state index in [0.717, 1.165) is 30.5 Å². The third-order valence-corrected chi connectivity index (χ3v) is 7.35. The van der Waals surface area contributed by atoms with Gasteiger partial charge in [-0.05, 0) is 25.5 Å². The summed E-state index contributed by atoms with van der Waals surface area (Å²) in [7, 11) is 0. The van der Waals surface area contributed by atoms with Crippen molar-refractivity contribution in [1.29, 1.82) is 0 Å². The van der Waals surface area contributed by atoms with Crippen LogP contribution in [0.25, 0.3) is 21.6 Å². The molecule has 0 aliphatic heterocycles. The van der Waals surface area contributed by atoms with Crippen molar-refractivity contribution in [3.05, 3.63) is 67.8 Å². The molecule has 0 atom stereocenters. The third kappa shape index (κ3) is 3.53. The smallest absolute Gasteiger partial charge is 0.262 e. The van der Waals surface area contributed by atoms with E-state index in [0.29, 0.717) is 39.3 Å². The molecule has 0 aliphatic carbocycles. The second kappa shape index (κ2) is 8.51. The number of aromatic nitrogens is 6. The van der Waals surface area contributed by atoms with Gasteiger partial charge < -0.3 is 0 Å². The molecule has 0 spiro atoms. The fourth-order valence-electron chi connectivity index (χ4n) is 3.86. The van der Waals surface area contributed by atoms with Crippen LogP contribution in [0.3, 0.4) is 0 Å². The van der Waals surface area contributed by atoms with Crippen LogP contribution >= 0.6 is 23.1 Å². The molecule has 0 amide bonds. The number of unbranched alkanes of at least 4 members (excludes halogenated alkanes) is 2. The zero-order valence-corrected chi connectivity index (χ0v) is 19.4. The quantitative estimate of drug-likeness (QED) is 0.267. The van der Waals surface area contributed by atoms with Crippen molar-refractivity contribution in [2.24, 2.45) is 0 Å². The van der Waals surface area contributed by atoms with Gasteiger partial charge in [0, 0.05) is 29.4 Å². The lowest BCUT2D eigenvalue weighted by Crippen LogP contribution is -2.23. The van der Waals surface area contributed by atoms with Crippen LogP contribution in [0.4, 0.5) is 0 Å². The first kappa shape index (κ1) is 20.9. The van der Waals surface area contributed by atoms with Gasteiger partial charge in [0.15, 0.2) is 10.1 Å². The highest BCUT2D eigenvalue weighted by Gasteiger charge is 2.17. The van der Waals surface area contributed by atoms with E-state index < -0.39 is 0 Å². The zero-order chi connectivity index (χ0) is 22.2. The molecule has 32 heavy (non-hydrogen) atoms. The molecule has 4 heterocycles. The lowest BCUT2D eigenvalue weighted by Gasteiger charge is -2.11. The molecular weight excluding hydrogens is 444 g/mol. The average molecular weight is 467 g/mol. The van der Waals surface area contributed by atoms with Crippen LogP contribution in [-0.2, 0) is 12.3 Å². The summed E-state index contributed by atoms with van der Waals surface area (Å²) in [6, 6.07) is 9.11. The molecule has 0 bridgehead atoms. The molecule has 0 saturated heterocycles. The number of hydrogen-bond donors (Lipinski definition) is 0. The average Bonchev–Trinajstić information content (AvgIpc) is 3.39. The molecule has 8 nitrogen and oxygen atoms in total. The summed E-state index contributed by atoms with van der Waals surface area (Å²) in [5, 5.41) is 12.0. The second-order valence-electron chi connectivity index (χ2n) is 7.67. The number of nitrogens with zero attached hydrogens (tertiary/aromatic N) is 6. The van der Waals surface area contributed by atoms with Gasteiger partial charge in [-0.2, -0.15) is 0 Å². The molecule has 0 radical (unpaired) electrons. The van der Waals surface area contributed by atoms with Crippen LogP contribution in [0, 0.1) is 6.92 Å². The summed E-state index contributed by atoms with van der Waals surface area (Å²) in [5.74, 6) is 1.02. The van der Waals surface area contributed by atoms with Gasteiger partial charge in [0.1, 0.15) is 0 Å². The largest absolute Gasteiger partial charge is 0.276 e. The maximum Gasteiger partial charge on any atom is 0.262 e. The highest BCUT2D eigenvalue weighted by atomic mass is 32.2. The molecule has 5 aromatic rings. The van der Waals surface area contributed by atoms with Crippen molar-refractivity contribution in [2.45, 2.75) is 50.6 Å². The Kier molecular flexibility index (Phi) is 5.56. The Labute approximate surface area is 191 Å². The van der Waals surface area contributed by atoms with Crippen molar-refractivity contribution in [3.63, 3.8) is 0 Å². The normalized spacial score (nSPS) is 11.8. The van der Waals surface area contributed by atoms with E-state index in [1.165, 1.54) is 23.1 Å². The molecule has 1 aromatic carbocycles. The van der Waals surface area contributed by atoms with Crippen molar-refractivity contribution in [1.82, 2.24) is 28.5 Å². The summed E-state index contributed by atoms with van der Waals surface area (Å²) in [6.45, 7) is 4.64. The summed E-state index contributed by atoms with van der Waals surface area (Å²) < 4.78 is 5.28. The third-order valence-electron chi connectivity index (χ3n) is 5.44. The number of aryl methyl sites for hydroxylation is 2. The van der Waals surface area contributed by atoms with Crippen molar-refractivity contribution in [3.8, 4) is 0 Å². The predicted octanol–water partition coefficient (Wildman–Crippen LogP) is 3.90. The fraction of sp³-hybridized carbons (Fsp3) is 0.318. The summed E-state index contributed by atoms with van der Waals surface area (Å²) >= 11 is 2.91. The van der Waals surface area contributed by atoms with Gasteiger partial charge in [-0.15, -0.1) is 21.5 Å². The maximum absolute atomic E-state index is 13.1. The Hall–Kier alpha value is -2.98. The maximum atomic E-state index is 13.1. The molecular formula is C22H22N6O2S2. The number of benzene rings is 1. The van der Waals surface area contributed by atoms with E-state index in [1.807, 2.05) is 41.0 Å². The minimum absolute atomic E-state index is 0.0404. The Morgan fingerprint density at radius 1 is 1.09 bits per heavy atom. The minimum Gasteiger partial charge on any atom is -0.276 e. The van der Waals surface area contributed by atoms with Crippen molar-refractivity contribution < 1.29 is 0 Å². The second-order valence-corrected chi connectivity index (χ2v) is 9.45. The highest BCUT2D eigenvalue weighted by molar-refractivity contribution is 7.98. The van der Waals surface area contributed by atoms with Crippen molar-refractivity contribution >= 4 is 44.7 Å². The van der Waals surface area contributed by atoms with Crippen LogP contribution < -0.4 is 11.1 Å². The van der Waals surface area contributed by atoms with E-state index in [-0.39, 0.29) is 11.1 Å². The number of fused-ring (bicyclic) bond motifs is 4. The van der Waals surface area contributed by atoms with E-state index >= 15 is 0 Å². The van der Waals surface area contributed by atoms with Crippen LogP contribution in [-0.4, -0.2) is 28.5 Å². The molecule has 0 aliphatic rings. The molecule has 5 rings (SSSR count). The van der Waals surface area contributed by atoms with Crippen LogP contribution in [0.5, 0.6) is 0 Å². The lowest BCUT2D eigenvalue weighted by atomic mass is 10.2. The molecule has 0 saturated carbocycles. The van der Waals surface area contributed by atoms with Gasteiger partial charge >= 0.3 is 0 Å². The topological polar surface area (TPSA) is 86.6 Å². The van der Waals surface area contributed by atoms with Crippen LogP contribution in [0.2, 0.25) is 0 Å².